The highest BCUT2D eigenvalue weighted by atomic mass is 16.5. The maximum Gasteiger partial charge on any atom is 0.290 e. The fraction of sp³-hybridized carbons (Fsp3) is 0.435. The third-order valence-corrected chi connectivity index (χ3v) is 5.13. The van der Waals surface area contributed by atoms with Crippen molar-refractivity contribution in [1.82, 2.24) is 20.2 Å². The Bertz CT molecular complexity index is 958. The summed E-state index contributed by atoms with van der Waals surface area (Å²) in [6.45, 7) is 5.30. The zero-order valence-corrected chi connectivity index (χ0v) is 19.4. The van der Waals surface area contributed by atoms with Crippen LogP contribution in [-0.4, -0.2) is 70.7 Å². The monoisotopic (exact) mass is 476 g/mol. The molecule has 2 heterocycles. The lowest BCUT2D eigenvalue weighted by Gasteiger charge is -2.16. The van der Waals surface area contributed by atoms with Crippen molar-refractivity contribution in [2.45, 2.75) is 32.7 Å². The molecule has 2 aromatic rings. The van der Waals surface area contributed by atoms with E-state index < -0.39 is 0 Å². The second-order valence-electron chi connectivity index (χ2n) is 7.48. The number of methoxy groups -OCH3 is 1. The van der Waals surface area contributed by atoms with Crippen LogP contribution < -0.4 is 15.6 Å². The first kappa shape index (κ1) is 28.3. The highest BCUT2D eigenvalue weighted by Gasteiger charge is 2.23. The van der Waals surface area contributed by atoms with Crippen molar-refractivity contribution in [2.75, 3.05) is 26.7 Å². The number of hydrogen-bond donors (Lipinski definition) is 4. The minimum Gasteiger partial charge on any atom is -0.496 e. The van der Waals surface area contributed by atoms with Gasteiger partial charge in [0.2, 0.25) is 0 Å². The van der Waals surface area contributed by atoms with Crippen molar-refractivity contribution in [3.05, 3.63) is 57.8 Å². The van der Waals surface area contributed by atoms with Gasteiger partial charge in [-0.1, -0.05) is 6.92 Å². The molecule has 4 N–H and O–H groups in total. The first-order chi connectivity index (χ1) is 16.4. The maximum atomic E-state index is 12.6. The molecular weight excluding hydrogens is 444 g/mol. The van der Waals surface area contributed by atoms with Gasteiger partial charge in [-0.05, 0) is 62.0 Å². The second kappa shape index (κ2) is 16.0. The van der Waals surface area contributed by atoms with E-state index in [0.29, 0.717) is 17.2 Å². The molecule has 11 heteroatoms. The van der Waals surface area contributed by atoms with Crippen LogP contribution in [0.15, 0.2) is 35.4 Å². The predicted molar refractivity (Wildman–Crippen MR) is 125 cm³/mol. The zero-order chi connectivity index (χ0) is 25.3. The first-order valence-corrected chi connectivity index (χ1v) is 10.8. The van der Waals surface area contributed by atoms with E-state index in [1.165, 1.54) is 25.2 Å². The summed E-state index contributed by atoms with van der Waals surface area (Å²) in [5, 5.41) is 16.6. The standard InChI is InChI=1S/C21H28N4O3.2CH2O2/c1-3-7-25-8-6-15(13-25)9-17-10-16(4-5-19(17)28-2)21(27)22-12-18-11-20(26)24-14-23-18;2*2-1-3/h4-5,10-11,14-15H,3,6-9,12-13H2,1-2H3,(H,22,27)(H,23,24,26);2*1H,(H,2,3). The summed E-state index contributed by atoms with van der Waals surface area (Å²) in [5.41, 5.74) is 1.93. The molecular formula is C23H32N4O7. The molecule has 1 aromatic carbocycles. The number of benzene rings is 1. The molecule has 0 spiro atoms. The molecule has 1 fully saturated rings. The Morgan fingerprint density at radius 3 is 2.62 bits per heavy atom. The molecule has 3 rings (SSSR count). The van der Waals surface area contributed by atoms with Crippen LogP contribution in [0.25, 0.3) is 0 Å². The SMILES string of the molecule is CCCN1CCC(Cc2cc(C(=O)NCc3cc(=O)[nH]cn3)ccc2OC)C1.O=CO.O=CO. The summed E-state index contributed by atoms with van der Waals surface area (Å²) < 4.78 is 5.51. The van der Waals surface area contributed by atoms with Crippen LogP contribution in [0.3, 0.4) is 0 Å². The Kier molecular flexibility index (Phi) is 13.3. The lowest BCUT2D eigenvalue weighted by atomic mass is 9.96. The van der Waals surface area contributed by atoms with Crippen molar-refractivity contribution >= 4 is 18.9 Å². The van der Waals surface area contributed by atoms with Crippen molar-refractivity contribution in [3.63, 3.8) is 0 Å². The Balaban J connectivity index is 0.000000872. The van der Waals surface area contributed by atoms with Crippen LogP contribution in [0.1, 0.15) is 41.4 Å². The van der Waals surface area contributed by atoms with Crippen LogP contribution in [0, 0.1) is 5.92 Å². The number of aromatic nitrogens is 2. The number of rotatable bonds is 8. The summed E-state index contributed by atoms with van der Waals surface area (Å²) in [4.78, 5) is 49.6. The number of likely N-dealkylation sites (tertiary alicyclic amines) is 1. The molecule has 186 valence electrons. The Labute approximate surface area is 197 Å². The van der Waals surface area contributed by atoms with Crippen LogP contribution in [0.5, 0.6) is 5.75 Å². The lowest BCUT2D eigenvalue weighted by Crippen LogP contribution is -2.24. The average Bonchev–Trinajstić information content (AvgIpc) is 3.25. The van der Waals surface area contributed by atoms with Gasteiger partial charge in [-0.2, -0.15) is 0 Å². The van der Waals surface area contributed by atoms with Crippen LogP contribution >= 0.6 is 0 Å². The topological polar surface area (TPSA) is 162 Å². The number of ether oxygens (including phenoxy) is 1. The van der Waals surface area contributed by atoms with E-state index in [1.807, 2.05) is 12.1 Å². The number of carbonyl (C=O) groups excluding carboxylic acids is 1. The number of nitrogens with zero attached hydrogens (tertiary/aromatic N) is 2. The van der Waals surface area contributed by atoms with Crippen LogP contribution in [0.2, 0.25) is 0 Å². The van der Waals surface area contributed by atoms with Crippen LogP contribution in [0.4, 0.5) is 0 Å². The Hall–Kier alpha value is -3.73. The maximum absolute atomic E-state index is 12.6. The van der Waals surface area contributed by atoms with E-state index in [-0.39, 0.29) is 31.0 Å². The van der Waals surface area contributed by atoms with Gasteiger partial charge in [0, 0.05) is 18.2 Å². The summed E-state index contributed by atoms with van der Waals surface area (Å²) >= 11 is 0. The molecule has 1 unspecified atom stereocenters. The van der Waals surface area contributed by atoms with Crippen molar-refractivity contribution < 1.29 is 29.3 Å². The molecule has 1 saturated heterocycles. The second-order valence-corrected chi connectivity index (χ2v) is 7.48. The minimum absolute atomic E-state index is 0.190. The number of amides is 1. The summed E-state index contributed by atoms with van der Waals surface area (Å²) in [7, 11) is 1.66. The van der Waals surface area contributed by atoms with Gasteiger partial charge in [0.05, 0.1) is 25.7 Å². The summed E-state index contributed by atoms with van der Waals surface area (Å²) in [5.74, 6) is 1.21. The molecule has 1 amide bonds. The molecule has 1 aliphatic heterocycles. The molecule has 0 aliphatic carbocycles. The summed E-state index contributed by atoms with van der Waals surface area (Å²) in [6, 6.07) is 6.92. The van der Waals surface area contributed by atoms with Crippen LogP contribution in [-0.2, 0) is 22.6 Å². The number of aromatic amines is 1. The zero-order valence-electron chi connectivity index (χ0n) is 19.4. The van der Waals surface area contributed by atoms with Gasteiger partial charge in [0.25, 0.3) is 24.4 Å². The molecule has 1 aromatic heterocycles. The molecule has 0 bridgehead atoms. The van der Waals surface area contributed by atoms with E-state index in [1.54, 1.807) is 13.2 Å². The quantitative estimate of drug-likeness (QED) is 0.412. The highest BCUT2D eigenvalue weighted by Crippen LogP contribution is 2.27. The molecule has 0 radical (unpaired) electrons. The van der Waals surface area contributed by atoms with E-state index >= 15 is 0 Å². The number of H-pyrrole nitrogens is 1. The molecule has 1 atom stereocenters. The van der Waals surface area contributed by atoms with Gasteiger partial charge >= 0.3 is 0 Å². The Morgan fingerprint density at radius 2 is 2.00 bits per heavy atom. The average molecular weight is 477 g/mol. The van der Waals surface area contributed by atoms with Gasteiger partial charge in [-0.3, -0.25) is 19.2 Å². The fourth-order valence-corrected chi connectivity index (χ4v) is 3.77. The minimum atomic E-state index is -0.250. The van der Waals surface area contributed by atoms with E-state index in [0.717, 1.165) is 37.4 Å². The van der Waals surface area contributed by atoms with Crippen molar-refractivity contribution in [3.8, 4) is 5.75 Å². The number of carbonyl (C=O) groups is 3. The van der Waals surface area contributed by atoms with Gasteiger partial charge in [0.1, 0.15) is 5.75 Å². The fourth-order valence-electron chi connectivity index (χ4n) is 3.77. The Morgan fingerprint density at radius 1 is 1.29 bits per heavy atom. The van der Waals surface area contributed by atoms with Gasteiger partial charge in [0.15, 0.2) is 0 Å². The number of carboxylic acid groups (broad SMARTS) is 2. The molecule has 11 nitrogen and oxygen atoms in total. The van der Waals surface area contributed by atoms with E-state index in [4.69, 9.17) is 24.5 Å². The molecule has 0 saturated carbocycles. The molecule has 1 aliphatic rings. The van der Waals surface area contributed by atoms with E-state index in [9.17, 15) is 9.59 Å². The van der Waals surface area contributed by atoms with Gasteiger partial charge < -0.3 is 30.2 Å². The van der Waals surface area contributed by atoms with E-state index in [2.05, 4.69) is 27.1 Å². The number of hydrogen-bond acceptors (Lipinski definition) is 7. The van der Waals surface area contributed by atoms with Gasteiger partial charge in [-0.25, -0.2) is 4.98 Å². The predicted octanol–water partition coefficient (Wildman–Crippen LogP) is 1.38. The number of nitrogens with one attached hydrogen (secondary N) is 2. The largest absolute Gasteiger partial charge is 0.496 e. The van der Waals surface area contributed by atoms with Crippen molar-refractivity contribution in [2.24, 2.45) is 5.92 Å². The highest BCUT2D eigenvalue weighted by molar-refractivity contribution is 5.94. The molecule has 34 heavy (non-hydrogen) atoms. The smallest absolute Gasteiger partial charge is 0.290 e. The lowest BCUT2D eigenvalue weighted by molar-refractivity contribution is -0.123. The first-order valence-electron chi connectivity index (χ1n) is 10.8. The third-order valence-electron chi connectivity index (χ3n) is 5.13. The van der Waals surface area contributed by atoms with Crippen molar-refractivity contribution in [1.29, 1.82) is 0 Å². The van der Waals surface area contributed by atoms with Gasteiger partial charge in [-0.15, -0.1) is 0 Å². The normalized spacial score (nSPS) is 14.6. The summed E-state index contributed by atoms with van der Waals surface area (Å²) in [6.07, 6.45) is 4.58. The third kappa shape index (κ3) is 9.82.